The van der Waals surface area contributed by atoms with Gasteiger partial charge in [-0.2, -0.15) is 0 Å². The molecule has 0 saturated heterocycles. The Bertz CT molecular complexity index is 84.5. The van der Waals surface area contributed by atoms with Crippen molar-refractivity contribution in [2.75, 3.05) is 39.9 Å². The Kier molecular flexibility index (Phi) is 8.56. The zero-order valence-corrected chi connectivity index (χ0v) is 8.01. The van der Waals surface area contributed by atoms with Gasteiger partial charge in [-0.15, -0.1) is 0 Å². The van der Waals surface area contributed by atoms with E-state index in [-0.39, 0.29) is 25.6 Å². The lowest BCUT2D eigenvalue weighted by molar-refractivity contribution is -0.908. The van der Waals surface area contributed by atoms with E-state index >= 15 is 0 Å². The molecule has 0 heterocycles. The van der Waals surface area contributed by atoms with Gasteiger partial charge in [-0.1, -0.05) is 0 Å². The molecular weight excluding hydrogens is 166 g/mol. The first-order valence-electron chi connectivity index (χ1n) is 3.74. The number of hydrogen-bond donors (Lipinski definition) is 2. The molecule has 0 radical (unpaired) electrons. The van der Waals surface area contributed by atoms with E-state index in [1.54, 1.807) is 0 Å². The van der Waals surface area contributed by atoms with Crippen molar-refractivity contribution in [3.8, 4) is 0 Å². The Morgan fingerprint density at radius 2 is 1.45 bits per heavy atom. The largest absolute Gasteiger partial charge is 1.00 e. The van der Waals surface area contributed by atoms with Crippen molar-refractivity contribution in [1.82, 2.24) is 0 Å². The van der Waals surface area contributed by atoms with E-state index in [1.807, 2.05) is 7.05 Å². The number of nitrogens with zero attached hydrogens (tertiary/aromatic N) is 1. The molecule has 0 unspecified atom stereocenters. The van der Waals surface area contributed by atoms with Gasteiger partial charge in [-0.3, -0.25) is 0 Å². The lowest BCUT2D eigenvalue weighted by atomic mass is 10.4. The summed E-state index contributed by atoms with van der Waals surface area (Å²) in [5, 5.41) is 17.3. The maximum atomic E-state index is 8.66. The standard InChI is InChI=1S/C7H18NO2.ClH/c1-3-8(2,4-6-9)5-7-10;/h9-10H,3-7H2,1-2H3;1H/q+1;/p-1. The highest BCUT2D eigenvalue weighted by atomic mass is 35.5. The molecular formula is C7H18ClNO2. The fourth-order valence-electron chi connectivity index (χ4n) is 0.911. The van der Waals surface area contributed by atoms with Gasteiger partial charge < -0.3 is 27.1 Å². The van der Waals surface area contributed by atoms with Crippen molar-refractivity contribution in [2.45, 2.75) is 6.92 Å². The minimum absolute atomic E-state index is 0. The third-order valence-corrected chi connectivity index (χ3v) is 2.04. The summed E-state index contributed by atoms with van der Waals surface area (Å²) < 4.78 is 0.757. The first-order valence-corrected chi connectivity index (χ1v) is 3.74. The molecule has 0 bridgehead atoms. The maximum Gasteiger partial charge on any atom is 0.102 e. The number of hydrogen-bond acceptors (Lipinski definition) is 2. The minimum atomic E-state index is 0. The minimum Gasteiger partial charge on any atom is -1.00 e. The molecule has 0 rings (SSSR count). The molecule has 2 N–H and O–H groups in total. The molecule has 0 atom stereocenters. The molecule has 3 nitrogen and oxygen atoms in total. The second-order valence-electron chi connectivity index (χ2n) is 2.83. The fraction of sp³-hybridized carbons (Fsp3) is 1.00. The van der Waals surface area contributed by atoms with E-state index in [2.05, 4.69) is 6.92 Å². The van der Waals surface area contributed by atoms with E-state index in [0.717, 1.165) is 24.1 Å². The Balaban J connectivity index is 0. The van der Waals surface area contributed by atoms with Gasteiger partial charge in [0, 0.05) is 0 Å². The molecule has 0 aliphatic heterocycles. The summed E-state index contributed by atoms with van der Waals surface area (Å²) in [6.07, 6.45) is 0. The second-order valence-corrected chi connectivity index (χ2v) is 2.83. The van der Waals surface area contributed by atoms with E-state index in [1.165, 1.54) is 0 Å². The number of aliphatic hydroxyl groups excluding tert-OH is 2. The molecule has 0 aromatic rings. The zero-order valence-electron chi connectivity index (χ0n) is 7.26. The average Bonchev–Trinajstić information content (AvgIpc) is 1.89. The van der Waals surface area contributed by atoms with E-state index < -0.39 is 0 Å². The lowest BCUT2D eigenvalue weighted by Crippen LogP contribution is -3.00. The monoisotopic (exact) mass is 183 g/mol. The predicted octanol–water partition coefficient (Wildman–Crippen LogP) is -3.56. The van der Waals surface area contributed by atoms with Crippen molar-refractivity contribution in [2.24, 2.45) is 0 Å². The zero-order chi connectivity index (χ0) is 8.04. The number of quaternary nitrogens is 1. The average molecular weight is 184 g/mol. The molecule has 4 heteroatoms. The molecule has 11 heavy (non-hydrogen) atoms. The van der Waals surface area contributed by atoms with Crippen LogP contribution in [0.15, 0.2) is 0 Å². The van der Waals surface area contributed by atoms with Gasteiger partial charge in [0.2, 0.25) is 0 Å². The van der Waals surface area contributed by atoms with E-state index in [9.17, 15) is 0 Å². The summed E-state index contributed by atoms with van der Waals surface area (Å²) in [6, 6.07) is 0. The third-order valence-electron chi connectivity index (χ3n) is 2.04. The van der Waals surface area contributed by atoms with Crippen LogP contribution < -0.4 is 12.4 Å². The van der Waals surface area contributed by atoms with Crippen molar-refractivity contribution >= 4 is 0 Å². The quantitative estimate of drug-likeness (QED) is 0.434. The van der Waals surface area contributed by atoms with Crippen LogP contribution in [0, 0.1) is 0 Å². The summed E-state index contributed by atoms with van der Waals surface area (Å²) in [5.41, 5.74) is 0. The van der Waals surface area contributed by atoms with Crippen LogP contribution >= 0.6 is 0 Å². The van der Waals surface area contributed by atoms with E-state index in [0.29, 0.717) is 0 Å². The molecule has 70 valence electrons. The van der Waals surface area contributed by atoms with Crippen LogP contribution in [-0.2, 0) is 0 Å². The molecule has 0 aromatic heterocycles. The molecule has 0 saturated carbocycles. The summed E-state index contributed by atoms with van der Waals surface area (Å²) in [7, 11) is 2.03. The molecule has 0 aliphatic carbocycles. The highest BCUT2D eigenvalue weighted by molar-refractivity contribution is 4.34. The maximum absolute atomic E-state index is 8.66. The SMILES string of the molecule is CC[N+](C)(CCO)CCO.[Cl-]. The summed E-state index contributed by atoms with van der Waals surface area (Å²) in [4.78, 5) is 0. The van der Waals surface area contributed by atoms with Crippen molar-refractivity contribution in [3.05, 3.63) is 0 Å². The van der Waals surface area contributed by atoms with Gasteiger partial charge >= 0.3 is 0 Å². The Morgan fingerprint density at radius 1 is 1.09 bits per heavy atom. The van der Waals surface area contributed by atoms with Gasteiger partial charge in [-0.25, -0.2) is 0 Å². The summed E-state index contributed by atoms with van der Waals surface area (Å²) in [5.74, 6) is 0. The first-order chi connectivity index (χ1) is 4.68. The number of rotatable bonds is 5. The molecule has 0 amide bonds. The van der Waals surface area contributed by atoms with Crippen LogP contribution in [0.3, 0.4) is 0 Å². The molecule has 0 aromatic carbocycles. The normalized spacial score (nSPS) is 10.9. The van der Waals surface area contributed by atoms with Gasteiger partial charge in [0.1, 0.15) is 13.1 Å². The van der Waals surface area contributed by atoms with Crippen LogP contribution in [0.5, 0.6) is 0 Å². The van der Waals surface area contributed by atoms with Crippen LogP contribution in [0.1, 0.15) is 6.92 Å². The highest BCUT2D eigenvalue weighted by Crippen LogP contribution is 1.98. The van der Waals surface area contributed by atoms with Crippen LogP contribution in [-0.4, -0.2) is 54.6 Å². The fourth-order valence-corrected chi connectivity index (χ4v) is 0.911. The first kappa shape index (κ1) is 13.7. The van der Waals surface area contributed by atoms with Crippen molar-refractivity contribution in [3.63, 3.8) is 0 Å². The van der Waals surface area contributed by atoms with Gasteiger partial charge in [0.25, 0.3) is 0 Å². The highest BCUT2D eigenvalue weighted by Gasteiger charge is 2.16. The smallest absolute Gasteiger partial charge is 0.102 e. The van der Waals surface area contributed by atoms with Crippen LogP contribution in [0.4, 0.5) is 0 Å². The van der Waals surface area contributed by atoms with Crippen LogP contribution in [0.2, 0.25) is 0 Å². The van der Waals surface area contributed by atoms with Crippen molar-refractivity contribution in [1.29, 1.82) is 0 Å². The van der Waals surface area contributed by atoms with Crippen molar-refractivity contribution < 1.29 is 27.1 Å². The topological polar surface area (TPSA) is 40.5 Å². The summed E-state index contributed by atoms with van der Waals surface area (Å²) >= 11 is 0. The summed E-state index contributed by atoms with van der Waals surface area (Å²) in [6.45, 7) is 4.88. The lowest BCUT2D eigenvalue weighted by Gasteiger charge is -2.31. The Morgan fingerprint density at radius 3 is 1.64 bits per heavy atom. The molecule has 0 fully saturated rings. The second kappa shape index (κ2) is 6.85. The molecule has 0 aliphatic rings. The predicted molar refractivity (Wildman–Crippen MR) is 40.6 cm³/mol. The van der Waals surface area contributed by atoms with Gasteiger partial charge in [0.05, 0.1) is 26.8 Å². The van der Waals surface area contributed by atoms with Crippen LogP contribution in [0.25, 0.3) is 0 Å². The Labute approximate surface area is 74.6 Å². The van der Waals surface area contributed by atoms with Gasteiger partial charge in [0.15, 0.2) is 0 Å². The number of aliphatic hydroxyl groups is 2. The van der Waals surface area contributed by atoms with Gasteiger partial charge in [-0.05, 0) is 6.92 Å². The number of halogens is 1. The Hall–Kier alpha value is 0.170. The molecule has 0 spiro atoms. The number of likely N-dealkylation sites (N-methyl/N-ethyl adjacent to an activating group) is 1. The van der Waals surface area contributed by atoms with E-state index in [4.69, 9.17) is 10.2 Å². The third kappa shape index (κ3) is 5.44.